The lowest BCUT2D eigenvalue weighted by molar-refractivity contribution is -0.659. The molecule has 0 spiro atoms. The van der Waals surface area contributed by atoms with Gasteiger partial charge in [0, 0.05) is 27.8 Å². The van der Waals surface area contributed by atoms with Crippen LogP contribution in [-0.2, 0) is 13.5 Å². The topological polar surface area (TPSA) is 39.4 Å². The molecule has 6 aromatic rings. The maximum atomic E-state index is 6.78. The highest BCUT2D eigenvalue weighted by Crippen LogP contribution is 2.53. The van der Waals surface area contributed by atoms with Crippen LogP contribution in [0.4, 0.5) is 0 Å². The van der Waals surface area contributed by atoms with E-state index in [-0.39, 0.29) is 5.41 Å². The van der Waals surface area contributed by atoms with Gasteiger partial charge in [-0.05, 0) is 60.4 Å². The van der Waals surface area contributed by atoms with E-state index < -0.39 is 0 Å². The van der Waals surface area contributed by atoms with E-state index in [1.165, 1.54) is 11.1 Å². The largest absolute Gasteiger partial charge is 0.464 e. The van der Waals surface area contributed by atoms with Crippen LogP contribution >= 0.6 is 0 Å². The lowest BCUT2D eigenvalue weighted by Gasteiger charge is -2.22. The van der Waals surface area contributed by atoms with Gasteiger partial charge in [0.25, 0.3) is 0 Å². The molecule has 1 aliphatic rings. The summed E-state index contributed by atoms with van der Waals surface area (Å²) < 4.78 is 21.4. The van der Waals surface area contributed by atoms with Gasteiger partial charge in [0.05, 0.1) is 11.8 Å². The number of ether oxygens (including phenoxy) is 1. The van der Waals surface area contributed by atoms with Crippen molar-refractivity contribution in [2.75, 3.05) is 0 Å². The van der Waals surface area contributed by atoms with Gasteiger partial charge in [-0.3, -0.25) is 0 Å². The zero-order valence-electron chi connectivity index (χ0n) is 21.0. The Kier molecular flexibility index (Phi) is 3.91. The molecule has 4 nitrogen and oxygen atoms in total. The monoisotopic (exact) mass is 462 g/mol. The standard InChI is InChI=1S/C31H28NO3/c1-16-20-10-12-33-27(20)17(2)28-24(16)26-25-19(9-11-32(26)6)14-22-21-8-7-18(15-31(3,4)5)13-23(21)34-29(22)30(25)35-28/h7-14H,15H2,1-6H3/q+1. The van der Waals surface area contributed by atoms with Crippen molar-refractivity contribution in [1.29, 1.82) is 0 Å². The zero-order chi connectivity index (χ0) is 24.2. The fraction of sp³-hybridized carbons (Fsp3) is 0.258. The third-order valence-electron chi connectivity index (χ3n) is 7.41. The molecule has 35 heavy (non-hydrogen) atoms. The molecule has 0 bridgehead atoms. The molecular formula is C31H28NO3+. The molecule has 4 heteroatoms. The quantitative estimate of drug-likeness (QED) is 0.230. The van der Waals surface area contributed by atoms with Crippen molar-refractivity contribution < 1.29 is 18.1 Å². The second-order valence-electron chi connectivity index (χ2n) is 11.2. The molecule has 3 aromatic carbocycles. The average Bonchev–Trinajstić information content (AvgIpc) is 3.43. The highest BCUT2D eigenvalue weighted by Gasteiger charge is 2.35. The molecule has 4 heterocycles. The van der Waals surface area contributed by atoms with Crippen LogP contribution in [0.5, 0.6) is 11.5 Å². The molecule has 0 N–H and O–H groups in total. The summed E-state index contributed by atoms with van der Waals surface area (Å²) in [6.45, 7) is 11.0. The highest BCUT2D eigenvalue weighted by molar-refractivity contribution is 6.17. The highest BCUT2D eigenvalue weighted by atomic mass is 16.5. The summed E-state index contributed by atoms with van der Waals surface area (Å²) >= 11 is 0. The zero-order valence-corrected chi connectivity index (χ0v) is 21.0. The molecule has 0 amide bonds. The number of hydrogen-bond donors (Lipinski definition) is 0. The molecule has 0 unspecified atom stereocenters. The Hall–Kier alpha value is -3.79. The first kappa shape index (κ1) is 20.6. The van der Waals surface area contributed by atoms with E-state index in [1.54, 1.807) is 6.26 Å². The van der Waals surface area contributed by atoms with Crippen LogP contribution in [0.25, 0.3) is 54.9 Å². The first-order chi connectivity index (χ1) is 16.7. The van der Waals surface area contributed by atoms with Crippen LogP contribution in [0.2, 0.25) is 0 Å². The van der Waals surface area contributed by atoms with Gasteiger partial charge in [0.15, 0.2) is 17.5 Å². The van der Waals surface area contributed by atoms with Crippen LogP contribution < -0.4 is 9.30 Å². The van der Waals surface area contributed by atoms with Crippen LogP contribution in [-0.4, -0.2) is 0 Å². The molecule has 3 aromatic heterocycles. The minimum absolute atomic E-state index is 0.212. The second kappa shape index (κ2) is 6.66. The van der Waals surface area contributed by atoms with Gasteiger partial charge in [0.2, 0.25) is 5.69 Å². The third kappa shape index (κ3) is 2.77. The summed E-state index contributed by atoms with van der Waals surface area (Å²) in [6, 6.07) is 13.1. The number of pyridine rings is 1. The van der Waals surface area contributed by atoms with E-state index in [0.717, 1.165) is 78.4 Å². The Labute approximate surface area is 203 Å². The van der Waals surface area contributed by atoms with Crippen LogP contribution in [0.3, 0.4) is 0 Å². The normalized spacial score (nSPS) is 13.2. The molecule has 0 aliphatic carbocycles. The van der Waals surface area contributed by atoms with Gasteiger partial charge in [-0.2, -0.15) is 0 Å². The Balaban J connectivity index is 1.59. The van der Waals surface area contributed by atoms with E-state index in [9.17, 15) is 0 Å². The van der Waals surface area contributed by atoms with E-state index in [4.69, 9.17) is 13.6 Å². The van der Waals surface area contributed by atoms with Gasteiger partial charge in [0.1, 0.15) is 29.3 Å². The van der Waals surface area contributed by atoms with Crippen molar-refractivity contribution in [3.63, 3.8) is 0 Å². The number of furan rings is 2. The van der Waals surface area contributed by atoms with Gasteiger partial charge in [-0.1, -0.05) is 32.9 Å². The van der Waals surface area contributed by atoms with Gasteiger partial charge in [-0.25, -0.2) is 4.57 Å². The number of fused-ring (bicyclic) bond motifs is 7. The number of rotatable bonds is 1. The number of aromatic nitrogens is 1. The molecule has 174 valence electrons. The molecule has 0 saturated heterocycles. The van der Waals surface area contributed by atoms with E-state index in [0.29, 0.717) is 0 Å². The van der Waals surface area contributed by atoms with Crippen molar-refractivity contribution in [2.45, 2.75) is 41.0 Å². The maximum absolute atomic E-state index is 6.78. The molecular weight excluding hydrogens is 434 g/mol. The number of benzene rings is 3. The number of nitrogens with zero attached hydrogens (tertiary/aromatic N) is 1. The van der Waals surface area contributed by atoms with Crippen molar-refractivity contribution >= 4 is 43.7 Å². The SMILES string of the molecule is Cc1c2c(c(C)c3occc13)Oc1c3oc4cc(CC(C)(C)C)ccc4c3cc3cc[n+](C)c-2c13. The van der Waals surface area contributed by atoms with Gasteiger partial charge >= 0.3 is 0 Å². The maximum Gasteiger partial charge on any atom is 0.228 e. The van der Waals surface area contributed by atoms with Crippen molar-refractivity contribution in [2.24, 2.45) is 12.5 Å². The van der Waals surface area contributed by atoms with Gasteiger partial charge < -0.3 is 13.6 Å². The summed E-state index contributed by atoms with van der Waals surface area (Å²) in [7, 11) is 2.10. The molecule has 0 fully saturated rings. The van der Waals surface area contributed by atoms with Crippen LogP contribution in [0, 0.1) is 19.3 Å². The summed E-state index contributed by atoms with van der Waals surface area (Å²) in [5.41, 5.74) is 8.53. The van der Waals surface area contributed by atoms with Crippen molar-refractivity contribution in [1.82, 2.24) is 0 Å². The number of aryl methyl sites for hydroxylation is 3. The first-order valence-electron chi connectivity index (χ1n) is 12.2. The van der Waals surface area contributed by atoms with Gasteiger partial charge in [-0.15, -0.1) is 0 Å². The van der Waals surface area contributed by atoms with Crippen molar-refractivity contribution in [3.8, 4) is 22.8 Å². The predicted molar refractivity (Wildman–Crippen MR) is 140 cm³/mol. The molecule has 7 rings (SSSR count). The Morgan fingerprint density at radius 1 is 0.857 bits per heavy atom. The first-order valence-corrected chi connectivity index (χ1v) is 12.2. The third-order valence-corrected chi connectivity index (χ3v) is 7.41. The van der Waals surface area contributed by atoms with E-state index >= 15 is 0 Å². The molecule has 1 aliphatic heterocycles. The Bertz CT molecular complexity index is 1860. The van der Waals surface area contributed by atoms with Crippen LogP contribution in [0.1, 0.15) is 37.5 Å². The average molecular weight is 463 g/mol. The Morgan fingerprint density at radius 3 is 2.49 bits per heavy atom. The molecule has 0 atom stereocenters. The summed E-state index contributed by atoms with van der Waals surface area (Å²) in [4.78, 5) is 0. The van der Waals surface area contributed by atoms with E-state index in [1.807, 2.05) is 6.07 Å². The minimum Gasteiger partial charge on any atom is -0.464 e. The fourth-order valence-corrected chi connectivity index (χ4v) is 5.89. The second-order valence-corrected chi connectivity index (χ2v) is 11.2. The number of hydrogen-bond acceptors (Lipinski definition) is 3. The fourth-order valence-electron chi connectivity index (χ4n) is 5.89. The molecule has 0 saturated carbocycles. The van der Waals surface area contributed by atoms with Crippen LogP contribution in [0.15, 0.2) is 57.7 Å². The lowest BCUT2D eigenvalue weighted by Crippen LogP contribution is -2.32. The summed E-state index contributed by atoms with van der Waals surface area (Å²) in [6.07, 6.45) is 4.90. The summed E-state index contributed by atoms with van der Waals surface area (Å²) in [5, 5.41) is 5.57. The summed E-state index contributed by atoms with van der Waals surface area (Å²) in [5.74, 6) is 1.64. The lowest BCUT2D eigenvalue weighted by atomic mass is 9.88. The molecule has 0 radical (unpaired) electrons. The Morgan fingerprint density at radius 2 is 1.69 bits per heavy atom. The van der Waals surface area contributed by atoms with Crippen molar-refractivity contribution in [3.05, 3.63) is 65.5 Å². The van der Waals surface area contributed by atoms with E-state index in [2.05, 4.69) is 82.8 Å². The smallest absolute Gasteiger partial charge is 0.228 e. The minimum atomic E-state index is 0.212. The predicted octanol–water partition coefficient (Wildman–Crippen LogP) is 8.29.